The maximum absolute atomic E-state index is 8.83. The van der Waals surface area contributed by atoms with E-state index in [9.17, 15) is 0 Å². The normalized spacial score (nSPS) is 14.6. The Morgan fingerprint density at radius 2 is 1.86 bits per heavy atom. The zero-order valence-corrected chi connectivity index (χ0v) is 14.1. The number of hydrogen-bond acceptors (Lipinski definition) is 4. The van der Waals surface area contributed by atoms with E-state index in [0.29, 0.717) is 17.5 Å². The van der Waals surface area contributed by atoms with Gasteiger partial charge >= 0.3 is 0 Å². The molecule has 0 bridgehead atoms. The molecule has 1 rings (SSSR count). The van der Waals surface area contributed by atoms with E-state index in [1.807, 2.05) is 18.2 Å². The van der Waals surface area contributed by atoms with Gasteiger partial charge in [-0.25, -0.2) is 0 Å². The summed E-state index contributed by atoms with van der Waals surface area (Å²) in [7, 11) is 1.63. The van der Waals surface area contributed by atoms with Crippen LogP contribution in [0.25, 0.3) is 0 Å². The molecule has 2 N–H and O–H groups in total. The van der Waals surface area contributed by atoms with E-state index in [2.05, 4.69) is 39.9 Å². The number of rotatable bonds is 7. The minimum absolute atomic E-state index is 0.00797. The summed E-state index contributed by atoms with van der Waals surface area (Å²) in [6.07, 6.45) is 0. The molecule has 4 heteroatoms. The number of hydrogen-bond donors (Lipinski definition) is 2. The lowest BCUT2D eigenvalue weighted by Gasteiger charge is -2.31. The highest BCUT2D eigenvalue weighted by Crippen LogP contribution is 2.31. The quantitative estimate of drug-likeness (QED) is 0.811. The maximum atomic E-state index is 8.83. The number of nitrogens with one attached hydrogen (secondary N) is 1. The van der Waals surface area contributed by atoms with Crippen LogP contribution in [-0.4, -0.2) is 31.5 Å². The van der Waals surface area contributed by atoms with Gasteiger partial charge < -0.3 is 19.9 Å². The standard InChI is InChI=1S/C17H29NO3/c1-12(18-13(2)17(3,4)5)14-7-8-15(21-10-9-19)16(11-14)20-6/h7-8,11-13,18-19H,9-10H2,1-6H3. The number of aliphatic hydroxyl groups excluding tert-OH is 1. The molecule has 21 heavy (non-hydrogen) atoms. The van der Waals surface area contributed by atoms with Crippen molar-refractivity contribution >= 4 is 0 Å². The molecule has 1 aromatic carbocycles. The lowest BCUT2D eigenvalue weighted by atomic mass is 9.87. The van der Waals surface area contributed by atoms with E-state index in [4.69, 9.17) is 14.6 Å². The lowest BCUT2D eigenvalue weighted by molar-refractivity contribution is 0.196. The second kappa shape index (κ2) is 7.66. The van der Waals surface area contributed by atoms with E-state index in [1.165, 1.54) is 0 Å². The smallest absolute Gasteiger partial charge is 0.161 e. The molecule has 1 aromatic rings. The summed E-state index contributed by atoms with van der Waals surface area (Å²) in [6, 6.07) is 6.52. The number of ether oxygens (including phenoxy) is 2. The second-order valence-electron chi connectivity index (χ2n) is 6.46. The molecular weight excluding hydrogens is 266 g/mol. The first kappa shape index (κ1) is 17.8. The van der Waals surface area contributed by atoms with E-state index in [-0.39, 0.29) is 24.7 Å². The van der Waals surface area contributed by atoms with Crippen LogP contribution in [0.4, 0.5) is 0 Å². The average Bonchev–Trinajstić information content (AvgIpc) is 2.43. The molecule has 0 saturated heterocycles. The maximum Gasteiger partial charge on any atom is 0.161 e. The van der Waals surface area contributed by atoms with Crippen LogP contribution in [0.5, 0.6) is 11.5 Å². The van der Waals surface area contributed by atoms with Crippen molar-refractivity contribution in [2.24, 2.45) is 5.41 Å². The molecule has 0 spiro atoms. The molecule has 0 aliphatic heterocycles. The minimum Gasteiger partial charge on any atom is -0.493 e. The molecule has 0 radical (unpaired) electrons. The molecule has 4 nitrogen and oxygen atoms in total. The Bertz CT molecular complexity index is 440. The van der Waals surface area contributed by atoms with Crippen LogP contribution in [0.15, 0.2) is 18.2 Å². The summed E-state index contributed by atoms with van der Waals surface area (Å²) < 4.78 is 10.8. The third-order valence-electron chi connectivity index (χ3n) is 3.84. The Balaban J connectivity index is 2.83. The van der Waals surface area contributed by atoms with Crippen molar-refractivity contribution in [2.45, 2.75) is 46.7 Å². The first-order chi connectivity index (χ1) is 9.79. The Labute approximate surface area is 128 Å². The summed E-state index contributed by atoms with van der Waals surface area (Å²) >= 11 is 0. The molecule has 0 aliphatic carbocycles. The average molecular weight is 295 g/mol. The Kier molecular flexibility index (Phi) is 6.49. The van der Waals surface area contributed by atoms with E-state index >= 15 is 0 Å². The SMILES string of the molecule is COc1cc(C(C)NC(C)C(C)(C)C)ccc1OCCO. The Morgan fingerprint density at radius 3 is 2.38 bits per heavy atom. The summed E-state index contributed by atoms with van der Waals surface area (Å²) in [5.74, 6) is 1.35. The first-order valence-corrected chi connectivity index (χ1v) is 7.47. The Hall–Kier alpha value is -1.26. The van der Waals surface area contributed by atoms with Gasteiger partial charge in [0.05, 0.1) is 13.7 Å². The highest BCUT2D eigenvalue weighted by Gasteiger charge is 2.22. The van der Waals surface area contributed by atoms with Crippen LogP contribution in [0.3, 0.4) is 0 Å². The second-order valence-corrected chi connectivity index (χ2v) is 6.46. The van der Waals surface area contributed by atoms with Gasteiger partial charge in [0.15, 0.2) is 11.5 Å². The molecule has 0 amide bonds. The molecule has 2 unspecified atom stereocenters. The van der Waals surface area contributed by atoms with Gasteiger partial charge in [0, 0.05) is 12.1 Å². The third-order valence-corrected chi connectivity index (χ3v) is 3.84. The molecule has 2 atom stereocenters. The molecule has 0 saturated carbocycles. The van der Waals surface area contributed by atoms with Crippen LogP contribution < -0.4 is 14.8 Å². The van der Waals surface area contributed by atoms with Crippen LogP contribution in [0.2, 0.25) is 0 Å². The summed E-state index contributed by atoms with van der Waals surface area (Å²) in [5.41, 5.74) is 1.36. The first-order valence-electron chi connectivity index (χ1n) is 7.47. The van der Waals surface area contributed by atoms with Crippen molar-refractivity contribution in [3.05, 3.63) is 23.8 Å². The van der Waals surface area contributed by atoms with Crippen molar-refractivity contribution in [1.29, 1.82) is 0 Å². The van der Waals surface area contributed by atoms with E-state index < -0.39 is 0 Å². The van der Waals surface area contributed by atoms with Gasteiger partial charge in [-0.15, -0.1) is 0 Å². The van der Waals surface area contributed by atoms with Crippen molar-refractivity contribution in [1.82, 2.24) is 5.32 Å². The highest BCUT2D eigenvalue weighted by molar-refractivity contribution is 5.43. The summed E-state index contributed by atoms with van der Waals surface area (Å²) in [6.45, 7) is 11.3. The fourth-order valence-electron chi connectivity index (χ4n) is 1.95. The largest absolute Gasteiger partial charge is 0.493 e. The third kappa shape index (κ3) is 5.21. The van der Waals surface area contributed by atoms with Crippen molar-refractivity contribution in [3.8, 4) is 11.5 Å². The molecule has 0 aliphatic rings. The zero-order valence-electron chi connectivity index (χ0n) is 14.1. The number of aliphatic hydroxyl groups is 1. The molecule has 0 heterocycles. The minimum atomic E-state index is -0.00797. The Morgan fingerprint density at radius 1 is 1.19 bits per heavy atom. The van der Waals surface area contributed by atoms with Crippen LogP contribution in [0, 0.1) is 5.41 Å². The molecule has 0 aromatic heterocycles. The van der Waals surface area contributed by atoms with Gasteiger partial charge in [-0.2, -0.15) is 0 Å². The van der Waals surface area contributed by atoms with Gasteiger partial charge in [-0.1, -0.05) is 26.8 Å². The highest BCUT2D eigenvalue weighted by atomic mass is 16.5. The van der Waals surface area contributed by atoms with E-state index in [0.717, 1.165) is 5.56 Å². The predicted molar refractivity (Wildman–Crippen MR) is 86.0 cm³/mol. The van der Waals surface area contributed by atoms with E-state index in [1.54, 1.807) is 7.11 Å². The van der Waals surface area contributed by atoms with Gasteiger partial charge in [-0.05, 0) is 37.0 Å². The molecule has 0 fully saturated rings. The van der Waals surface area contributed by atoms with Gasteiger partial charge in [0.2, 0.25) is 0 Å². The summed E-state index contributed by atoms with van der Waals surface area (Å²) in [4.78, 5) is 0. The fraction of sp³-hybridized carbons (Fsp3) is 0.647. The van der Waals surface area contributed by atoms with Crippen LogP contribution >= 0.6 is 0 Å². The van der Waals surface area contributed by atoms with Gasteiger partial charge in [-0.3, -0.25) is 0 Å². The van der Waals surface area contributed by atoms with Crippen LogP contribution in [-0.2, 0) is 0 Å². The fourth-order valence-corrected chi connectivity index (χ4v) is 1.95. The lowest BCUT2D eigenvalue weighted by Crippen LogP contribution is -2.39. The molecule has 120 valence electrons. The number of benzene rings is 1. The van der Waals surface area contributed by atoms with Gasteiger partial charge in [0.25, 0.3) is 0 Å². The van der Waals surface area contributed by atoms with Crippen molar-refractivity contribution in [2.75, 3.05) is 20.3 Å². The van der Waals surface area contributed by atoms with Crippen molar-refractivity contribution in [3.63, 3.8) is 0 Å². The zero-order chi connectivity index (χ0) is 16.0. The topological polar surface area (TPSA) is 50.7 Å². The van der Waals surface area contributed by atoms with Crippen molar-refractivity contribution < 1.29 is 14.6 Å². The van der Waals surface area contributed by atoms with Gasteiger partial charge in [0.1, 0.15) is 6.61 Å². The van der Waals surface area contributed by atoms with Crippen LogP contribution in [0.1, 0.15) is 46.2 Å². The number of methoxy groups -OCH3 is 1. The predicted octanol–water partition coefficient (Wildman–Crippen LogP) is 3.15. The monoisotopic (exact) mass is 295 g/mol. The summed E-state index contributed by atoms with van der Waals surface area (Å²) in [5, 5.41) is 12.4. The molecular formula is C17H29NO3.